The number of rotatable bonds is 6. The molecule has 2 aromatic rings. The van der Waals surface area contributed by atoms with Crippen molar-refractivity contribution in [2.45, 2.75) is 33.4 Å². The molecule has 1 aromatic heterocycles. The van der Waals surface area contributed by atoms with Gasteiger partial charge in [0.05, 0.1) is 13.1 Å². The van der Waals surface area contributed by atoms with Crippen molar-refractivity contribution in [3.63, 3.8) is 0 Å². The standard InChI is InChI=1S/C17H22N2O2/c1-12(2)19-17(20)11-18-10-15-8-9-16(21-15)14-6-4-13(3)5-7-14/h4-9,12,18H,10-11H2,1-3H3,(H,19,20). The number of nitrogens with one attached hydrogen (secondary N) is 2. The predicted octanol–water partition coefficient (Wildman–Crippen LogP) is 2.87. The molecule has 4 nitrogen and oxygen atoms in total. The number of carbonyl (C=O) groups is 1. The van der Waals surface area contributed by atoms with Crippen molar-refractivity contribution in [1.29, 1.82) is 0 Å². The van der Waals surface area contributed by atoms with E-state index >= 15 is 0 Å². The van der Waals surface area contributed by atoms with Crippen LogP contribution in [0.2, 0.25) is 0 Å². The summed E-state index contributed by atoms with van der Waals surface area (Å²) in [5.74, 6) is 1.66. The van der Waals surface area contributed by atoms with E-state index in [4.69, 9.17) is 4.42 Å². The van der Waals surface area contributed by atoms with Gasteiger partial charge in [-0.1, -0.05) is 29.8 Å². The van der Waals surface area contributed by atoms with Crippen LogP contribution in [0, 0.1) is 6.92 Å². The van der Waals surface area contributed by atoms with Gasteiger partial charge in [0.1, 0.15) is 11.5 Å². The second-order valence-electron chi connectivity index (χ2n) is 5.46. The SMILES string of the molecule is Cc1ccc(-c2ccc(CNCC(=O)NC(C)C)o2)cc1. The first-order valence-corrected chi connectivity index (χ1v) is 7.20. The summed E-state index contributed by atoms with van der Waals surface area (Å²) in [7, 11) is 0. The molecule has 0 fully saturated rings. The lowest BCUT2D eigenvalue weighted by atomic mass is 10.1. The zero-order valence-corrected chi connectivity index (χ0v) is 12.8. The van der Waals surface area contributed by atoms with E-state index in [0.29, 0.717) is 13.1 Å². The zero-order valence-electron chi connectivity index (χ0n) is 12.8. The van der Waals surface area contributed by atoms with Gasteiger partial charge in [-0.05, 0) is 32.9 Å². The molecular formula is C17H22N2O2. The van der Waals surface area contributed by atoms with Crippen molar-refractivity contribution in [3.8, 4) is 11.3 Å². The molecule has 0 bridgehead atoms. The third kappa shape index (κ3) is 4.76. The molecule has 2 rings (SSSR count). The Labute approximate surface area is 125 Å². The Hall–Kier alpha value is -2.07. The first-order chi connectivity index (χ1) is 10.0. The minimum Gasteiger partial charge on any atom is -0.460 e. The summed E-state index contributed by atoms with van der Waals surface area (Å²) in [6, 6.07) is 12.3. The van der Waals surface area contributed by atoms with Crippen molar-refractivity contribution in [2.24, 2.45) is 0 Å². The molecule has 1 heterocycles. The van der Waals surface area contributed by atoms with Crippen molar-refractivity contribution in [2.75, 3.05) is 6.54 Å². The molecule has 4 heteroatoms. The van der Waals surface area contributed by atoms with Crippen LogP contribution < -0.4 is 10.6 Å². The van der Waals surface area contributed by atoms with Crippen molar-refractivity contribution < 1.29 is 9.21 Å². The van der Waals surface area contributed by atoms with Crippen LogP contribution in [0.3, 0.4) is 0 Å². The summed E-state index contributed by atoms with van der Waals surface area (Å²) in [4.78, 5) is 11.5. The maximum atomic E-state index is 11.5. The van der Waals surface area contributed by atoms with E-state index in [1.807, 2.05) is 38.1 Å². The second kappa shape index (κ2) is 7.09. The molecule has 0 atom stereocenters. The van der Waals surface area contributed by atoms with E-state index in [1.165, 1.54) is 5.56 Å². The zero-order chi connectivity index (χ0) is 15.2. The second-order valence-corrected chi connectivity index (χ2v) is 5.46. The molecule has 21 heavy (non-hydrogen) atoms. The van der Waals surface area contributed by atoms with Gasteiger partial charge in [-0.3, -0.25) is 4.79 Å². The maximum absolute atomic E-state index is 11.5. The van der Waals surface area contributed by atoms with Crippen LogP contribution >= 0.6 is 0 Å². The van der Waals surface area contributed by atoms with Gasteiger partial charge in [0.25, 0.3) is 0 Å². The number of hydrogen-bond donors (Lipinski definition) is 2. The fraction of sp³-hybridized carbons (Fsp3) is 0.353. The van der Waals surface area contributed by atoms with Crippen LogP contribution in [0.25, 0.3) is 11.3 Å². The van der Waals surface area contributed by atoms with Gasteiger partial charge >= 0.3 is 0 Å². The highest BCUT2D eigenvalue weighted by Crippen LogP contribution is 2.22. The average molecular weight is 286 g/mol. The Bertz CT molecular complexity index is 585. The summed E-state index contributed by atoms with van der Waals surface area (Å²) in [5, 5.41) is 5.91. The average Bonchev–Trinajstić information content (AvgIpc) is 2.87. The minimum atomic E-state index is -0.00434. The van der Waals surface area contributed by atoms with E-state index in [0.717, 1.165) is 17.1 Å². The summed E-state index contributed by atoms with van der Waals surface area (Å²) < 4.78 is 5.78. The van der Waals surface area contributed by atoms with Gasteiger partial charge in [-0.15, -0.1) is 0 Å². The topological polar surface area (TPSA) is 54.3 Å². The third-order valence-corrected chi connectivity index (χ3v) is 3.03. The van der Waals surface area contributed by atoms with E-state index in [2.05, 4.69) is 29.7 Å². The minimum absolute atomic E-state index is 0.00434. The first-order valence-electron chi connectivity index (χ1n) is 7.20. The molecule has 0 saturated carbocycles. The summed E-state index contributed by atoms with van der Waals surface area (Å²) >= 11 is 0. The number of amides is 1. The van der Waals surface area contributed by atoms with Gasteiger partial charge in [0.2, 0.25) is 5.91 Å². The molecule has 0 aliphatic carbocycles. The predicted molar refractivity (Wildman–Crippen MR) is 83.9 cm³/mol. The highest BCUT2D eigenvalue weighted by atomic mass is 16.3. The highest BCUT2D eigenvalue weighted by Gasteiger charge is 2.06. The lowest BCUT2D eigenvalue weighted by Crippen LogP contribution is -2.37. The number of benzene rings is 1. The van der Waals surface area contributed by atoms with Crippen LogP contribution in [-0.2, 0) is 11.3 Å². The molecule has 1 aromatic carbocycles. The summed E-state index contributed by atoms with van der Waals surface area (Å²) in [6.07, 6.45) is 0. The first kappa shape index (κ1) is 15.3. The van der Waals surface area contributed by atoms with E-state index in [-0.39, 0.29) is 11.9 Å². The Morgan fingerprint density at radius 1 is 1.14 bits per heavy atom. The number of carbonyl (C=O) groups excluding carboxylic acids is 1. The van der Waals surface area contributed by atoms with E-state index < -0.39 is 0 Å². The van der Waals surface area contributed by atoms with Crippen molar-refractivity contribution in [3.05, 3.63) is 47.7 Å². The highest BCUT2D eigenvalue weighted by molar-refractivity contribution is 5.78. The fourth-order valence-electron chi connectivity index (χ4n) is 2.02. The Morgan fingerprint density at radius 2 is 1.86 bits per heavy atom. The Kier molecular flexibility index (Phi) is 5.17. The third-order valence-electron chi connectivity index (χ3n) is 3.03. The molecule has 0 aliphatic rings. The smallest absolute Gasteiger partial charge is 0.234 e. The number of furan rings is 1. The molecule has 0 aliphatic heterocycles. The molecule has 2 N–H and O–H groups in total. The summed E-state index contributed by atoms with van der Waals surface area (Å²) in [6.45, 7) is 6.77. The van der Waals surface area contributed by atoms with Crippen LogP contribution in [-0.4, -0.2) is 18.5 Å². The quantitative estimate of drug-likeness (QED) is 0.858. The lowest BCUT2D eigenvalue weighted by Gasteiger charge is -2.08. The van der Waals surface area contributed by atoms with Gasteiger partial charge < -0.3 is 15.1 Å². The van der Waals surface area contributed by atoms with Crippen LogP contribution in [0.5, 0.6) is 0 Å². The van der Waals surface area contributed by atoms with Gasteiger partial charge in [-0.25, -0.2) is 0 Å². The van der Waals surface area contributed by atoms with Gasteiger partial charge in [-0.2, -0.15) is 0 Å². The van der Waals surface area contributed by atoms with E-state index in [9.17, 15) is 4.79 Å². The monoisotopic (exact) mass is 286 g/mol. The van der Waals surface area contributed by atoms with Crippen LogP contribution in [0.1, 0.15) is 25.2 Å². The number of aryl methyl sites for hydroxylation is 1. The molecule has 0 radical (unpaired) electrons. The van der Waals surface area contributed by atoms with E-state index in [1.54, 1.807) is 0 Å². The van der Waals surface area contributed by atoms with Crippen molar-refractivity contribution in [1.82, 2.24) is 10.6 Å². The number of hydrogen-bond acceptors (Lipinski definition) is 3. The molecule has 1 amide bonds. The normalized spacial score (nSPS) is 10.9. The molecular weight excluding hydrogens is 264 g/mol. The molecule has 0 spiro atoms. The van der Waals surface area contributed by atoms with Crippen LogP contribution in [0.4, 0.5) is 0 Å². The Balaban J connectivity index is 1.86. The largest absolute Gasteiger partial charge is 0.460 e. The molecule has 112 valence electrons. The van der Waals surface area contributed by atoms with Gasteiger partial charge in [0, 0.05) is 11.6 Å². The van der Waals surface area contributed by atoms with Gasteiger partial charge in [0.15, 0.2) is 0 Å². The maximum Gasteiger partial charge on any atom is 0.234 e. The van der Waals surface area contributed by atoms with Crippen molar-refractivity contribution >= 4 is 5.91 Å². The molecule has 0 saturated heterocycles. The summed E-state index contributed by atoms with van der Waals surface area (Å²) in [5.41, 5.74) is 2.28. The van der Waals surface area contributed by atoms with Crippen LogP contribution in [0.15, 0.2) is 40.8 Å². The molecule has 0 unspecified atom stereocenters. The Morgan fingerprint density at radius 3 is 2.52 bits per heavy atom. The fourth-order valence-corrected chi connectivity index (χ4v) is 2.02. The lowest BCUT2D eigenvalue weighted by molar-refractivity contribution is -0.120.